The second kappa shape index (κ2) is 9.75. The average molecular weight is 438 g/mol. The smallest absolute Gasteiger partial charge is 0.316 e. The van der Waals surface area contributed by atoms with Crippen LogP contribution in [0.3, 0.4) is 0 Å². The first-order valence-corrected chi connectivity index (χ1v) is 9.87. The minimum atomic E-state index is -1.20. The Morgan fingerprint density at radius 3 is 2.50 bits per heavy atom. The van der Waals surface area contributed by atoms with Crippen LogP contribution in [0, 0.1) is 11.7 Å². The highest BCUT2D eigenvalue weighted by atomic mass is 35.5. The summed E-state index contributed by atoms with van der Waals surface area (Å²) in [5.41, 5.74) is 5.84. The summed E-state index contributed by atoms with van der Waals surface area (Å²) in [6.07, 6.45) is -0.199. The zero-order valence-corrected chi connectivity index (χ0v) is 16.9. The SMILES string of the molecule is NC(=O)Nc1cc(Cl)ccc1OCC(=O)N1CCC(C(F)c2ccc(F)cc2)CC1. The molecule has 0 aromatic heterocycles. The first kappa shape index (κ1) is 21.8. The molecule has 0 radical (unpaired) electrons. The van der Waals surface area contributed by atoms with Crippen LogP contribution in [0.25, 0.3) is 0 Å². The maximum Gasteiger partial charge on any atom is 0.316 e. The molecule has 0 saturated carbocycles. The number of carbonyl (C=O) groups is 2. The molecular formula is C21H22ClF2N3O3. The monoisotopic (exact) mass is 437 g/mol. The van der Waals surface area contributed by atoms with Gasteiger partial charge in [-0.05, 0) is 54.7 Å². The number of hydrogen-bond donors (Lipinski definition) is 2. The van der Waals surface area contributed by atoms with E-state index < -0.39 is 18.0 Å². The third kappa shape index (κ3) is 5.60. The molecule has 9 heteroatoms. The predicted molar refractivity (Wildman–Crippen MR) is 110 cm³/mol. The molecule has 1 saturated heterocycles. The number of benzene rings is 2. The van der Waals surface area contributed by atoms with Gasteiger partial charge in [0.15, 0.2) is 6.61 Å². The molecule has 2 aromatic rings. The molecule has 3 rings (SSSR count). The third-order valence-corrected chi connectivity index (χ3v) is 5.28. The van der Waals surface area contributed by atoms with Gasteiger partial charge in [0.2, 0.25) is 0 Å². The minimum absolute atomic E-state index is 0.233. The maximum atomic E-state index is 14.7. The van der Waals surface area contributed by atoms with E-state index in [1.807, 2.05) is 0 Å². The van der Waals surface area contributed by atoms with Crippen LogP contribution in [0.4, 0.5) is 19.3 Å². The van der Waals surface area contributed by atoms with Crippen LogP contribution in [0.5, 0.6) is 5.75 Å². The Morgan fingerprint density at radius 2 is 1.87 bits per heavy atom. The van der Waals surface area contributed by atoms with Crippen LogP contribution < -0.4 is 15.8 Å². The first-order chi connectivity index (χ1) is 14.3. The molecule has 0 aliphatic carbocycles. The van der Waals surface area contributed by atoms with Crippen LogP contribution in [-0.2, 0) is 4.79 Å². The molecule has 1 unspecified atom stereocenters. The Labute approximate surface area is 177 Å². The minimum Gasteiger partial charge on any atom is -0.482 e. The van der Waals surface area contributed by atoms with Crippen LogP contribution in [0.1, 0.15) is 24.6 Å². The number of nitrogens with two attached hydrogens (primary N) is 1. The molecule has 1 heterocycles. The lowest BCUT2D eigenvalue weighted by atomic mass is 9.88. The Balaban J connectivity index is 1.52. The number of amides is 3. The fourth-order valence-corrected chi connectivity index (χ4v) is 3.62. The van der Waals surface area contributed by atoms with E-state index in [0.717, 1.165) is 0 Å². The Bertz CT molecular complexity index is 903. The van der Waals surface area contributed by atoms with Crippen LogP contribution in [0.15, 0.2) is 42.5 Å². The lowest BCUT2D eigenvalue weighted by molar-refractivity contribution is -0.135. The normalized spacial score (nSPS) is 15.5. The highest BCUT2D eigenvalue weighted by Gasteiger charge is 2.29. The van der Waals surface area contributed by atoms with Gasteiger partial charge in [-0.3, -0.25) is 4.79 Å². The van der Waals surface area contributed by atoms with Gasteiger partial charge in [0.05, 0.1) is 5.69 Å². The van der Waals surface area contributed by atoms with Crippen molar-refractivity contribution in [2.24, 2.45) is 11.7 Å². The molecule has 30 heavy (non-hydrogen) atoms. The van der Waals surface area contributed by atoms with Crippen molar-refractivity contribution in [3.8, 4) is 5.75 Å². The molecule has 6 nitrogen and oxygen atoms in total. The second-order valence-corrected chi connectivity index (χ2v) is 7.53. The van der Waals surface area contributed by atoms with E-state index in [9.17, 15) is 18.4 Å². The maximum absolute atomic E-state index is 14.7. The molecular weight excluding hydrogens is 416 g/mol. The number of ether oxygens (including phenoxy) is 1. The fraction of sp³-hybridized carbons (Fsp3) is 0.333. The van der Waals surface area contributed by atoms with Crippen LogP contribution >= 0.6 is 11.6 Å². The molecule has 2 aromatic carbocycles. The predicted octanol–water partition coefficient (Wildman–Crippen LogP) is 4.30. The molecule has 1 aliphatic heterocycles. The van der Waals surface area contributed by atoms with Crippen LogP contribution in [0.2, 0.25) is 5.02 Å². The average Bonchev–Trinajstić information content (AvgIpc) is 2.73. The quantitative estimate of drug-likeness (QED) is 0.706. The molecule has 3 N–H and O–H groups in total. The molecule has 1 fully saturated rings. The van der Waals surface area contributed by atoms with E-state index >= 15 is 0 Å². The number of urea groups is 1. The van der Waals surface area contributed by atoms with Gasteiger partial charge in [0.1, 0.15) is 17.7 Å². The molecule has 1 atom stereocenters. The summed E-state index contributed by atoms with van der Waals surface area (Å²) in [6, 6.07) is 9.18. The number of piperidine rings is 1. The summed E-state index contributed by atoms with van der Waals surface area (Å²) in [6.45, 7) is 0.569. The van der Waals surface area contributed by atoms with Gasteiger partial charge >= 0.3 is 6.03 Å². The summed E-state index contributed by atoms with van der Waals surface area (Å²) in [7, 11) is 0. The third-order valence-electron chi connectivity index (χ3n) is 5.05. The van der Waals surface area contributed by atoms with Crippen molar-refractivity contribution in [3.63, 3.8) is 0 Å². The summed E-state index contributed by atoms with van der Waals surface area (Å²) < 4.78 is 33.3. The van der Waals surface area contributed by atoms with Crippen LogP contribution in [-0.4, -0.2) is 36.5 Å². The van der Waals surface area contributed by atoms with Crippen molar-refractivity contribution < 1.29 is 23.1 Å². The molecule has 3 amide bonds. The summed E-state index contributed by atoms with van der Waals surface area (Å²) in [5.74, 6) is -0.614. The van der Waals surface area contributed by atoms with Crippen molar-refractivity contribution in [1.29, 1.82) is 0 Å². The number of nitrogens with one attached hydrogen (secondary N) is 1. The highest BCUT2D eigenvalue weighted by Crippen LogP contribution is 2.34. The summed E-state index contributed by atoms with van der Waals surface area (Å²) >= 11 is 5.90. The van der Waals surface area contributed by atoms with Crippen molar-refractivity contribution >= 4 is 29.2 Å². The van der Waals surface area contributed by atoms with Gasteiger partial charge in [-0.2, -0.15) is 0 Å². The Kier molecular flexibility index (Phi) is 7.10. The fourth-order valence-electron chi connectivity index (χ4n) is 3.45. The topological polar surface area (TPSA) is 84.7 Å². The molecule has 0 spiro atoms. The zero-order valence-electron chi connectivity index (χ0n) is 16.1. The highest BCUT2D eigenvalue weighted by molar-refractivity contribution is 6.31. The summed E-state index contributed by atoms with van der Waals surface area (Å²) in [4.78, 5) is 25.2. The van der Waals surface area contributed by atoms with Gasteiger partial charge in [-0.1, -0.05) is 23.7 Å². The number of likely N-dealkylation sites (tertiary alicyclic amines) is 1. The van der Waals surface area contributed by atoms with E-state index in [1.165, 1.54) is 36.4 Å². The van der Waals surface area contributed by atoms with Crippen molar-refractivity contribution in [1.82, 2.24) is 4.90 Å². The number of alkyl halides is 1. The molecule has 1 aliphatic rings. The van der Waals surface area contributed by atoms with E-state index in [2.05, 4.69) is 5.32 Å². The van der Waals surface area contributed by atoms with Gasteiger partial charge in [0, 0.05) is 18.1 Å². The van der Waals surface area contributed by atoms with Crippen molar-refractivity contribution in [2.75, 3.05) is 25.0 Å². The largest absolute Gasteiger partial charge is 0.482 e. The Hall–Kier alpha value is -2.87. The van der Waals surface area contributed by atoms with Gasteiger partial charge < -0.3 is 20.7 Å². The van der Waals surface area contributed by atoms with Crippen molar-refractivity contribution in [3.05, 3.63) is 58.9 Å². The number of halogens is 3. The number of primary amides is 1. The zero-order chi connectivity index (χ0) is 21.7. The second-order valence-electron chi connectivity index (χ2n) is 7.09. The first-order valence-electron chi connectivity index (χ1n) is 9.49. The van der Waals surface area contributed by atoms with E-state index in [4.69, 9.17) is 22.1 Å². The van der Waals surface area contributed by atoms with E-state index in [1.54, 1.807) is 11.0 Å². The number of carbonyl (C=O) groups excluding carboxylic acids is 2. The van der Waals surface area contributed by atoms with Gasteiger partial charge in [0.25, 0.3) is 5.91 Å². The number of nitrogens with zero attached hydrogens (tertiary/aromatic N) is 1. The lowest BCUT2D eigenvalue weighted by Crippen LogP contribution is -2.41. The number of anilines is 1. The lowest BCUT2D eigenvalue weighted by Gasteiger charge is -2.33. The number of rotatable bonds is 6. The molecule has 160 valence electrons. The number of hydrogen-bond acceptors (Lipinski definition) is 3. The van der Waals surface area contributed by atoms with Crippen molar-refractivity contribution in [2.45, 2.75) is 19.0 Å². The Morgan fingerprint density at radius 1 is 1.20 bits per heavy atom. The van der Waals surface area contributed by atoms with Gasteiger partial charge in [-0.15, -0.1) is 0 Å². The standard InChI is InChI=1S/C21H22ClF2N3O3/c22-15-3-6-18(17(11-15)26-21(25)29)30-12-19(28)27-9-7-14(8-10-27)20(24)13-1-4-16(23)5-2-13/h1-6,11,14,20H,7-10,12H2,(H3,25,26,29). The van der Waals surface area contributed by atoms with E-state index in [-0.39, 0.29) is 29.9 Å². The summed E-state index contributed by atoms with van der Waals surface area (Å²) in [5, 5.41) is 2.77. The van der Waals surface area contributed by atoms with Gasteiger partial charge in [-0.25, -0.2) is 13.6 Å². The molecule has 0 bridgehead atoms. The van der Waals surface area contributed by atoms with E-state index in [0.29, 0.717) is 36.5 Å².